The fraction of sp³-hybridized carbons (Fsp3) is 0.556. The van der Waals surface area contributed by atoms with Crippen molar-refractivity contribution >= 4 is 11.8 Å². The number of carbonyl (C=O) groups is 2. The van der Waals surface area contributed by atoms with Gasteiger partial charge in [0.15, 0.2) is 11.4 Å². The average molecular weight is 168 g/mol. The number of hydrogen-bond acceptors (Lipinski definition) is 3. The first-order valence-corrected chi connectivity index (χ1v) is 3.92. The maximum absolute atomic E-state index is 11.3. The van der Waals surface area contributed by atoms with Crippen molar-refractivity contribution in [2.75, 3.05) is 0 Å². The third kappa shape index (κ3) is 1.26. The summed E-state index contributed by atoms with van der Waals surface area (Å²) in [5.41, 5.74) is -0.966. The van der Waals surface area contributed by atoms with Gasteiger partial charge in [0.1, 0.15) is 0 Å². The average Bonchev–Trinajstić information content (AvgIpc) is 1.97. The van der Waals surface area contributed by atoms with Crippen LogP contribution in [0.15, 0.2) is 12.2 Å². The Labute approximate surface area is 71.4 Å². The van der Waals surface area contributed by atoms with Gasteiger partial charge in [-0.1, -0.05) is 13.8 Å². The maximum Gasteiger partial charge on any atom is 0.331 e. The minimum Gasteiger partial charge on any atom is -0.448 e. The van der Waals surface area contributed by atoms with E-state index in [4.69, 9.17) is 4.74 Å². The van der Waals surface area contributed by atoms with Gasteiger partial charge in [0.25, 0.3) is 0 Å². The van der Waals surface area contributed by atoms with Gasteiger partial charge in [-0.25, -0.2) is 4.79 Å². The monoisotopic (exact) mass is 168 g/mol. The van der Waals surface area contributed by atoms with Crippen LogP contribution in [0.3, 0.4) is 0 Å². The summed E-state index contributed by atoms with van der Waals surface area (Å²) in [5, 5.41) is 0. The SMILES string of the molecule is CC(C)C1(C)OC(=O)C=CC1=O. The largest absolute Gasteiger partial charge is 0.448 e. The molecule has 0 aliphatic carbocycles. The van der Waals surface area contributed by atoms with E-state index in [2.05, 4.69) is 0 Å². The summed E-state index contributed by atoms with van der Waals surface area (Å²) >= 11 is 0. The predicted octanol–water partition coefficient (Wildman–Crippen LogP) is 1.08. The van der Waals surface area contributed by atoms with Crippen molar-refractivity contribution in [2.24, 2.45) is 5.92 Å². The Bertz CT molecular complexity index is 252. The second-order valence-corrected chi connectivity index (χ2v) is 3.38. The van der Waals surface area contributed by atoms with Crippen molar-refractivity contribution in [1.29, 1.82) is 0 Å². The summed E-state index contributed by atoms with van der Waals surface area (Å²) < 4.78 is 4.97. The summed E-state index contributed by atoms with van der Waals surface area (Å²) in [6.07, 6.45) is 2.44. The molecular formula is C9H12O3. The highest BCUT2D eigenvalue weighted by Gasteiger charge is 2.40. The standard InChI is InChI=1S/C9H12O3/c1-6(2)9(3)7(10)4-5-8(11)12-9/h4-6H,1-3H3. The Hall–Kier alpha value is -1.12. The first-order chi connectivity index (χ1) is 5.47. The van der Waals surface area contributed by atoms with Crippen LogP contribution in [-0.2, 0) is 14.3 Å². The fourth-order valence-electron chi connectivity index (χ4n) is 1.00. The molecule has 0 aromatic rings. The lowest BCUT2D eigenvalue weighted by atomic mass is 9.86. The smallest absolute Gasteiger partial charge is 0.331 e. The van der Waals surface area contributed by atoms with E-state index < -0.39 is 11.6 Å². The Morgan fingerprint density at radius 3 is 2.33 bits per heavy atom. The minimum absolute atomic E-state index is 0.00102. The molecule has 0 aromatic heterocycles. The zero-order valence-corrected chi connectivity index (χ0v) is 7.46. The molecule has 66 valence electrons. The molecule has 0 fully saturated rings. The summed E-state index contributed by atoms with van der Waals surface area (Å²) in [6, 6.07) is 0. The maximum atomic E-state index is 11.3. The van der Waals surface area contributed by atoms with E-state index in [0.29, 0.717) is 0 Å². The molecule has 3 nitrogen and oxygen atoms in total. The van der Waals surface area contributed by atoms with Crippen LogP contribution in [-0.4, -0.2) is 17.4 Å². The highest BCUT2D eigenvalue weighted by atomic mass is 16.6. The molecule has 1 aliphatic rings. The lowest BCUT2D eigenvalue weighted by Gasteiger charge is -2.32. The quantitative estimate of drug-likeness (QED) is 0.550. The Morgan fingerprint density at radius 1 is 1.33 bits per heavy atom. The van der Waals surface area contributed by atoms with E-state index in [0.717, 1.165) is 6.08 Å². The third-order valence-electron chi connectivity index (χ3n) is 2.27. The molecule has 12 heavy (non-hydrogen) atoms. The van der Waals surface area contributed by atoms with Crippen molar-refractivity contribution in [2.45, 2.75) is 26.4 Å². The Balaban J connectivity index is 2.99. The van der Waals surface area contributed by atoms with E-state index in [1.807, 2.05) is 13.8 Å². The number of esters is 1. The summed E-state index contributed by atoms with van der Waals surface area (Å²) in [7, 11) is 0. The van der Waals surface area contributed by atoms with Crippen LogP contribution in [0, 0.1) is 5.92 Å². The molecule has 0 bridgehead atoms. The first-order valence-electron chi connectivity index (χ1n) is 3.92. The highest BCUT2D eigenvalue weighted by molar-refractivity contribution is 6.05. The number of ketones is 1. The summed E-state index contributed by atoms with van der Waals surface area (Å²) in [4.78, 5) is 22.2. The van der Waals surface area contributed by atoms with Crippen LogP contribution >= 0.6 is 0 Å². The van der Waals surface area contributed by atoms with Crippen molar-refractivity contribution < 1.29 is 14.3 Å². The van der Waals surface area contributed by atoms with Crippen LogP contribution in [0.2, 0.25) is 0 Å². The van der Waals surface area contributed by atoms with Crippen LogP contribution in [0.1, 0.15) is 20.8 Å². The van der Waals surface area contributed by atoms with E-state index in [1.54, 1.807) is 6.92 Å². The van der Waals surface area contributed by atoms with E-state index >= 15 is 0 Å². The van der Waals surface area contributed by atoms with Crippen LogP contribution in [0.5, 0.6) is 0 Å². The first kappa shape index (κ1) is 8.97. The zero-order valence-electron chi connectivity index (χ0n) is 7.46. The van der Waals surface area contributed by atoms with Gasteiger partial charge in [-0.2, -0.15) is 0 Å². The molecular weight excluding hydrogens is 156 g/mol. The molecule has 0 saturated heterocycles. The Morgan fingerprint density at radius 2 is 1.92 bits per heavy atom. The molecule has 1 atom stereocenters. The van der Waals surface area contributed by atoms with Gasteiger partial charge >= 0.3 is 5.97 Å². The molecule has 3 heteroatoms. The number of rotatable bonds is 1. The zero-order chi connectivity index (χ0) is 9.35. The van der Waals surface area contributed by atoms with Gasteiger partial charge < -0.3 is 4.74 Å². The van der Waals surface area contributed by atoms with Crippen LogP contribution in [0.25, 0.3) is 0 Å². The van der Waals surface area contributed by atoms with E-state index in [9.17, 15) is 9.59 Å². The predicted molar refractivity (Wildman–Crippen MR) is 43.5 cm³/mol. The number of ether oxygens (including phenoxy) is 1. The molecule has 0 aromatic carbocycles. The van der Waals surface area contributed by atoms with Crippen molar-refractivity contribution in [3.63, 3.8) is 0 Å². The number of carbonyl (C=O) groups excluding carboxylic acids is 2. The normalized spacial score (nSPS) is 29.3. The highest BCUT2D eigenvalue weighted by Crippen LogP contribution is 2.25. The van der Waals surface area contributed by atoms with Crippen molar-refractivity contribution in [3.05, 3.63) is 12.2 Å². The van der Waals surface area contributed by atoms with Gasteiger partial charge in [-0.15, -0.1) is 0 Å². The molecule has 0 amide bonds. The lowest BCUT2D eigenvalue weighted by Crippen LogP contribution is -2.46. The molecule has 1 rings (SSSR count). The second kappa shape index (κ2) is 2.73. The van der Waals surface area contributed by atoms with Gasteiger partial charge in [0, 0.05) is 12.0 Å². The Kier molecular flexibility index (Phi) is 2.04. The summed E-state index contributed by atoms with van der Waals surface area (Å²) in [5.74, 6) is -0.582. The van der Waals surface area contributed by atoms with Gasteiger partial charge in [0.05, 0.1) is 0 Å². The fourth-order valence-corrected chi connectivity index (χ4v) is 1.00. The second-order valence-electron chi connectivity index (χ2n) is 3.38. The molecule has 1 aliphatic heterocycles. The minimum atomic E-state index is -0.966. The van der Waals surface area contributed by atoms with E-state index in [1.165, 1.54) is 6.08 Å². The molecule has 0 radical (unpaired) electrons. The molecule has 0 N–H and O–H groups in total. The van der Waals surface area contributed by atoms with Gasteiger partial charge in [-0.3, -0.25) is 4.79 Å². The van der Waals surface area contributed by atoms with Crippen LogP contribution < -0.4 is 0 Å². The third-order valence-corrected chi connectivity index (χ3v) is 2.27. The molecule has 0 spiro atoms. The number of hydrogen-bond donors (Lipinski definition) is 0. The van der Waals surface area contributed by atoms with Gasteiger partial charge in [0.2, 0.25) is 0 Å². The van der Waals surface area contributed by atoms with E-state index in [-0.39, 0.29) is 11.7 Å². The van der Waals surface area contributed by atoms with Crippen molar-refractivity contribution in [1.82, 2.24) is 0 Å². The molecule has 1 unspecified atom stereocenters. The van der Waals surface area contributed by atoms with Crippen LogP contribution in [0.4, 0.5) is 0 Å². The molecule has 0 saturated carbocycles. The number of cyclic esters (lactones) is 1. The lowest BCUT2D eigenvalue weighted by molar-refractivity contribution is -0.165. The topological polar surface area (TPSA) is 43.4 Å². The van der Waals surface area contributed by atoms with Gasteiger partial charge in [-0.05, 0) is 13.0 Å². The summed E-state index contributed by atoms with van der Waals surface area (Å²) in [6.45, 7) is 5.34. The molecule has 1 heterocycles. The van der Waals surface area contributed by atoms with Crippen molar-refractivity contribution in [3.8, 4) is 0 Å².